The molecule has 0 aliphatic heterocycles. The molecule has 72 valence electrons. The Balaban J connectivity index is 2.51. The third-order valence-electron chi connectivity index (χ3n) is 2.66. The molecule has 0 radical (unpaired) electrons. The van der Waals surface area contributed by atoms with E-state index in [9.17, 15) is 8.42 Å². The van der Waals surface area contributed by atoms with E-state index in [1.54, 1.807) is 0 Å². The summed E-state index contributed by atoms with van der Waals surface area (Å²) >= 11 is 0. The van der Waals surface area contributed by atoms with Crippen molar-refractivity contribution in [3.8, 4) is 0 Å². The van der Waals surface area contributed by atoms with E-state index in [-0.39, 0.29) is 5.25 Å². The molecule has 0 amide bonds. The van der Waals surface area contributed by atoms with Gasteiger partial charge in [0.05, 0.1) is 5.25 Å². The molecular weight excluding hydrogens is 172 g/mol. The largest absolute Gasteiger partial charge is 0.229 e. The van der Waals surface area contributed by atoms with Gasteiger partial charge in [-0.2, -0.15) is 0 Å². The lowest BCUT2D eigenvalue weighted by Crippen LogP contribution is -2.20. The van der Waals surface area contributed by atoms with Crippen LogP contribution in [0.2, 0.25) is 0 Å². The third kappa shape index (κ3) is 3.13. The minimum Gasteiger partial charge on any atom is -0.229 e. The molecule has 0 aromatic rings. The van der Waals surface area contributed by atoms with Gasteiger partial charge in [-0.1, -0.05) is 32.1 Å². The molecule has 0 bridgehead atoms. The molecule has 0 aromatic carbocycles. The second-order valence-electron chi connectivity index (χ2n) is 3.80. The van der Waals surface area contributed by atoms with Crippen LogP contribution in [0.25, 0.3) is 0 Å². The zero-order valence-electron chi connectivity index (χ0n) is 7.75. The van der Waals surface area contributed by atoms with Gasteiger partial charge in [-0.25, -0.2) is 8.42 Å². The van der Waals surface area contributed by atoms with Gasteiger partial charge in [-0.3, -0.25) is 0 Å². The topological polar surface area (TPSA) is 34.1 Å². The molecule has 1 aliphatic rings. The number of hydrogen-bond acceptors (Lipinski definition) is 2. The van der Waals surface area contributed by atoms with E-state index in [2.05, 4.69) is 0 Å². The highest BCUT2D eigenvalue weighted by Gasteiger charge is 2.20. The summed E-state index contributed by atoms with van der Waals surface area (Å²) in [5, 5.41) is -0.0437. The summed E-state index contributed by atoms with van der Waals surface area (Å²) < 4.78 is 22.5. The smallest absolute Gasteiger partial charge is 0.150 e. The quantitative estimate of drug-likeness (QED) is 0.635. The zero-order chi connectivity index (χ0) is 9.03. The lowest BCUT2D eigenvalue weighted by atomic mass is 10.0. The van der Waals surface area contributed by atoms with Crippen LogP contribution in [-0.4, -0.2) is 19.9 Å². The highest BCUT2D eigenvalue weighted by atomic mass is 32.2. The van der Waals surface area contributed by atoms with Crippen LogP contribution in [0.4, 0.5) is 0 Å². The van der Waals surface area contributed by atoms with E-state index in [0.717, 1.165) is 25.7 Å². The molecule has 0 aromatic heterocycles. The third-order valence-corrected chi connectivity index (χ3v) is 4.34. The summed E-state index contributed by atoms with van der Waals surface area (Å²) in [6.07, 6.45) is 9.06. The first-order chi connectivity index (χ1) is 5.61. The highest BCUT2D eigenvalue weighted by Crippen LogP contribution is 2.21. The normalized spacial score (nSPS) is 23.1. The van der Waals surface area contributed by atoms with Crippen molar-refractivity contribution in [2.24, 2.45) is 0 Å². The van der Waals surface area contributed by atoms with Gasteiger partial charge in [0.25, 0.3) is 0 Å². The van der Waals surface area contributed by atoms with Crippen LogP contribution in [0.1, 0.15) is 44.9 Å². The van der Waals surface area contributed by atoms with E-state index < -0.39 is 9.84 Å². The van der Waals surface area contributed by atoms with Gasteiger partial charge in [-0.15, -0.1) is 0 Å². The molecule has 3 heteroatoms. The van der Waals surface area contributed by atoms with Gasteiger partial charge in [0.1, 0.15) is 9.84 Å². The molecule has 0 atom stereocenters. The molecule has 1 aliphatic carbocycles. The van der Waals surface area contributed by atoms with E-state index >= 15 is 0 Å². The van der Waals surface area contributed by atoms with E-state index in [1.165, 1.54) is 25.5 Å². The maximum Gasteiger partial charge on any atom is 0.150 e. The van der Waals surface area contributed by atoms with E-state index in [0.29, 0.717) is 0 Å². The first-order valence-electron chi connectivity index (χ1n) is 4.79. The summed E-state index contributed by atoms with van der Waals surface area (Å²) in [6.45, 7) is 0. The van der Waals surface area contributed by atoms with Crippen LogP contribution in [0, 0.1) is 0 Å². The van der Waals surface area contributed by atoms with Crippen molar-refractivity contribution in [3.05, 3.63) is 0 Å². The second-order valence-corrected chi connectivity index (χ2v) is 6.12. The lowest BCUT2D eigenvalue weighted by Gasteiger charge is -2.17. The van der Waals surface area contributed by atoms with Gasteiger partial charge >= 0.3 is 0 Å². The molecule has 0 heterocycles. The molecule has 1 saturated carbocycles. The number of sulfone groups is 1. The van der Waals surface area contributed by atoms with Crippen LogP contribution in [0.5, 0.6) is 0 Å². The van der Waals surface area contributed by atoms with Crippen LogP contribution in [0.15, 0.2) is 0 Å². The standard InChI is InChI=1S/C9H18O2S/c1-12(10,11)9-7-5-3-2-4-6-8-9/h9H,2-8H2,1H3. The van der Waals surface area contributed by atoms with Crippen molar-refractivity contribution < 1.29 is 8.42 Å². The summed E-state index contributed by atoms with van der Waals surface area (Å²) in [5.74, 6) is 0. The SMILES string of the molecule is CS(=O)(=O)C1CCCCCCC1. The number of rotatable bonds is 1. The van der Waals surface area contributed by atoms with Gasteiger partial charge in [-0.05, 0) is 12.8 Å². The summed E-state index contributed by atoms with van der Waals surface area (Å²) in [4.78, 5) is 0. The summed E-state index contributed by atoms with van der Waals surface area (Å²) in [5.41, 5.74) is 0. The fourth-order valence-electron chi connectivity index (χ4n) is 1.85. The molecule has 12 heavy (non-hydrogen) atoms. The molecule has 2 nitrogen and oxygen atoms in total. The monoisotopic (exact) mass is 190 g/mol. The van der Waals surface area contributed by atoms with Gasteiger partial charge in [0.15, 0.2) is 0 Å². The molecule has 1 rings (SSSR count). The van der Waals surface area contributed by atoms with Crippen molar-refractivity contribution in [3.63, 3.8) is 0 Å². The zero-order valence-corrected chi connectivity index (χ0v) is 8.57. The van der Waals surface area contributed by atoms with Crippen molar-refractivity contribution in [1.29, 1.82) is 0 Å². The Hall–Kier alpha value is -0.0500. The van der Waals surface area contributed by atoms with Crippen molar-refractivity contribution in [2.75, 3.05) is 6.26 Å². The molecule has 0 saturated heterocycles. The molecule has 0 spiro atoms. The summed E-state index contributed by atoms with van der Waals surface area (Å²) in [7, 11) is -2.77. The molecule has 0 N–H and O–H groups in total. The Morgan fingerprint density at radius 1 is 0.917 bits per heavy atom. The Morgan fingerprint density at radius 2 is 1.33 bits per heavy atom. The maximum absolute atomic E-state index is 11.3. The average molecular weight is 190 g/mol. The molecular formula is C9H18O2S. The minimum atomic E-state index is -2.77. The lowest BCUT2D eigenvalue weighted by molar-refractivity contribution is 0.490. The van der Waals surface area contributed by atoms with Crippen LogP contribution in [-0.2, 0) is 9.84 Å². The van der Waals surface area contributed by atoms with Crippen LogP contribution < -0.4 is 0 Å². The summed E-state index contributed by atoms with van der Waals surface area (Å²) in [6, 6.07) is 0. The highest BCUT2D eigenvalue weighted by molar-refractivity contribution is 7.91. The van der Waals surface area contributed by atoms with E-state index in [1.807, 2.05) is 0 Å². The van der Waals surface area contributed by atoms with Crippen LogP contribution in [0.3, 0.4) is 0 Å². The van der Waals surface area contributed by atoms with Crippen molar-refractivity contribution in [1.82, 2.24) is 0 Å². The van der Waals surface area contributed by atoms with E-state index in [4.69, 9.17) is 0 Å². The minimum absolute atomic E-state index is 0.0437. The maximum atomic E-state index is 11.3. The molecule has 1 fully saturated rings. The first-order valence-corrected chi connectivity index (χ1v) is 6.75. The average Bonchev–Trinajstić information content (AvgIpc) is 1.81. The molecule has 0 unspecified atom stereocenters. The van der Waals surface area contributed by atoms with Gasteiger partial charge < -0.3 is 0 Å². The Bertz CT molecular complexity index is 211. The van der Waals surface area contributed by atoms with Gasteiger partial charge in [0, 0.05) is 6.26 Å². The first kappa shape index (κ1) is 10.0. The van der Waals surface area contributed by atoms with Crippen molar-refractivity contribution in [2.45, 2.75) is 50.2 Å². The van der Waals surface area contributed by atoms with Crippen LogP contribution >= 0.6 is 0 Å². The second kappa shape index (κ2) is 4.26. The fraction of sp³-hybridized carbons (Fsp3) is 1.00. The van der Waals surface area contributed by atoms with Crippen molar-refractivity contribution >= 4 is 9.84 Å². The Kier molecular flexibility index (Phi) is 3.56. The van der Waals surface area contributed by atoms with Gasteiger partial charge in [0.2, 0.25) is 0 Å². The Labute approximate surface area is 75.3 Å². The number of hydrogen-bond donors (Lipinski definition) is 0. The predicted octanol–water partition coefficient (Wildman–Crippen LogP) is 2.14. The predicted molar refractivity (Wildman–Crippen MR) is 51.0 cm³/mol. The fourth-order valence-corrected chi connectivity index (χ4v) is 3.04. The Morgan fingerprint density at radius 3 is 1.75 bits per heavy atom.